The zero-order valence-corrected chi connectivity index (χ0v) is 48.2. The first-order valence-electron chi connectivity index (χ1n) is 30.0. The second-order valence-corrected chi connectivity index (χ2v) is 27.1. The summed E-state index contributed by atoms with van der Waals surface area (Å²) in [4.78, 5) is 8.54. The lowest BCUT2D eigenvalue weighted by atomic mass is 9.33. The highest BCUT2D eigenvalue weighted by atomic mass is 15.3. The largest absolute Gasteiger partial charge is 0.335 e. The third-order valence-corrected chi connectivity index (χ3v) is 20.9. The average Bonchev–Trinajstić information content (AvgIpc) is 4.09. The molecule has 0 amide bonds. The van der Waals surface area contributed by atoms with Gasteiger partial charge in [0.25, 0.3) is 6.71 Å². The third-order valence-electron chi connectivity index (χ3n) is 20.9. The van der Waals surface area contributed by atoms with E-state index in [1.807, 2.05) is 0 Å². The maximum atomic E-state index is 2.98. The van der Waals surface area contributed by atoms with Crippen LogP contribution in [-0.2, 0) is 21.7 Å². The Bertz CT molecular complexity index is 3910. The van der Waals surface area contributed by atoms with Crippen LogP contribution < -0.4 is 31.1 Å². The molecular weight excluding hydrogens is 966 g/mol. The van der Waals surface area contributed by atoms with Gasteiger partial charge in [0.2, 0.25) is 0 Å². The fourth-order valence-electron chi connectivity index (χ4n) is 17.1. The number of hydrogen-bond donors (Lipinski definition) is 0. The Balaban J connectivity index is 1.08. The van der Waals surface area contributed by atoms with Gasteiger partial charge < -0.3 is 14.7 Å². The predicted molar refractivity (Wildman–Crippen MR) is 339 cm³/mol. The Morgan fingerprint density at radius 2 is 0.863 bits per heavy atom. The summed E-state index contributed by atoms with van der Waals surface area (Å²) in [6.07, 6.45) is 9.19. The average molecular weight is 1040 g/mol. The molecule has 396 valence electrons. The maximum absolute atomic E-state index is 2.98. The molecule has 4 heteroatoms. The first kappa shape index (κ1) is 49.5. The van der Waals surface area contributed by atoms with E-state index in [0.29, 0.717) is 0 Å². The van der Waals surface area contributed by atoms with Crippen molar-refractivity contribution in [3.63, 3.8) is 0 Å². The Morgan fingerprint density at radius 3 is 1.46 bits per heavy atom. The van der Waals surface area contributed by atoms with Crippen LogP contribution in [0.1, 0.15) is 140 Å². The summed E-state index contributed by atoms with van der Waals surface area (Å²) in [7, 11) is 0. The molecule has 2 aliphatic carbocycles. The number of benzene rings is 9. The fraction of sp³-hybridized carbons (Fsp3) is 0.289. The van der Waals surface area contributed by atoms with Crippen molar-refractivity contribution >= 4 is 62.9 Å². The number of hydrogen-bond acceptors (Lipinski definition) is 3. The first-order chi connectivity index (χ1) is 38.7. The summed E-state index contributed by atoms with van der Waals surface area (Å²) in [5.41, 5.74) is 26.0. The van der Waals surface area contributed by atoms with Crippen LogP contribution in [0, 0.1) is 0 Å². The van der Waals surface area contributed by atoms with E-state index < -0.39 is 0 Å². The summed E-state index contributed by atoms with van der Waals surface area (Å²) < 4.78 is 0. The van der Waals surface area contributed by atoms with E-state index in [9.17, 15) is 0 Å². The van der Waals surface area contributed by atoms with Crippen molar-refractivity contribution < 1.29 is 0 Å². The van der Waals surface area contributed by atoms with Crippen LogP contribution in [0.25, 0.3) is 22.3 Å². The minimum Gasteiger partial charge on any atom is -0.335 e. The number of anilines is 7. The molecule has 2 saturated carbocycles. The van der Waals surface area contributed by atoms with Gasteiger partial charge in [-0.2, -0.15) is 0 Å². The predicted octanol–water partition coefficient (Wildman–Crippen LogP) is 17.8. The van der Waals surface area contributed by atoms with Gasteiger partial charge in [-0.3, -0.25) is 0 Å². The molecule has 4 heterocycles. The van der Waals surface area contributed by atoms with Crippen molar-refractivity contribution in [1.82, 2.24) is 0 Å². The summed E-state index contributed by atoms with van der Waals surface area (Å²) in [5, 5.41) is 0. The van der Waals surface area contributed by atoms with Crippen molar-refractivity contribution in [2.45, 2.75) is 139 Å². The molecule has 0 bridgehead atoms. The molecule has 9 aromatic rings. The summed E-state index contributed by atoms with van der Waals surface area (Å²) in [6.45, 7) is 19.7. The monoisotopic (exact) mass is 1040 g/mol. The fourth-order valence-corrected chi connectivity index (χ4v) is 17.1. The summed E-state index contributed by atoms with van der Waals surface area (Å²) >= 11 is 0. The molecule has 2 fully saturated rings. The smallest absolute Gasteiger partial charge is 0.252 e. The minimum absolute atomic E-state index is 0.00483. The molecule has 80 heavy (non-hydrogen) atoms. The van der Waals surface area contributed by atoms with Crippen LogP contribution in [0.3, 0.4) is 0 Å². The number of nitrogens with zero attached hydrogens (tertiary/aromatic N) is 3. The Kier molecular flexibility index (Phi) is 10.8. The molecule has 0 aromatic heterocycles. The molecule has 0 spiro atoms. The third kappa shape index (κ3) is 6.74. The Morgan fingerprint density at radius 1 is 0.375 bits per heavy atom. The molecule has 3 nitrogen and oxygen atoms in total. The minimum atomic E-state index is -0.266. The van der Waals surface area contributed by atoms with E-state index in [2.05, 4.69) is 276 Å². The summed E-state index contributed by atoms with van der Waals surface area (Å²) in [6, 6.07) is 80.7. The summed E-state index contributed by atoms with van der Waals surface area (Å²) in [5.74, 6) is 0. The highest BCUT2D eigenvalue weighted by Crippen LogP contribution is 2.68. The van der Waals surface area contributed by atoms with Gasteiger partial charge >= 0.3 is 0 Å². The van der Waals surface area contributed by atoms with Crippen molar-refractivity contribution in [1.29, 1.82) is 0 Å². The van der Waals surface area contributed by atoms with E-state index in [1.165, 1.54) is 138 Å². The zero-order chi connectivity index (χ0) is 54.6. The SMILES string of the molecule is CC(C)(C)c1ccc2c(c1)C1(c3ccccc3)CCCCC1(C)N2c1cc2c3c(c1)N1c4c(cc(C(C)(C)C)cc4C4(c5ccccc5)CCCCC14C)B3c1cc(-c3ccccc3)ccc1N2c1ccc(-c2ccccc2)cc1. The van der Waals surface area contributed by atoms with E-state index in [4.69, 9.17) is 0 Å². The molecule has 4 aliphatic heterocycles. The lowest BCUT2D eigenvalue weighted by molar-refractivity contribution is 0.214. The number of rotatable bonds is 6. The van der Waals surface area contributed by atoms with Crippen LogP contribution in [0.15, 0.2) is 206 Å². The van der Waals surface area contributed by atoms with Gasteiger partial charge in [0.1, 0.15) is 0 Å². The quantitative estimate of drug-likeness (QED) is 0.154. The van der Waals surface area contributed by atoms with Crippen LogP contribution in [0.5, 0.6) is 0 Å². The van der Waals surface area contributed by atoms with Crippen LogP contribution in [-0.4, -0.2) is 17.8 Å². The van der Waals surface area contributed by atoms with Crippen molar-refractivity contribution in [2.24, 2.45) is 0 Å². The van der Waals surface area contributed by atoms with Gasteiger partial charge in [-0.1, -0.05) is 237 Å². The number of fused-ring (bicyclic) bond motifs is 10. The maximum Gasteiger partial charge on any atom is 0.252 e. The van der Waals surface area contributed by atoms with Crippen LogP contribution >= 0.6 is 0 Å². The Labute approximate surface area is 476 Å². The molecule has 0 radical (unpaired) electrons. The molecule has 4 unspecified atom stereocenters. The molecular formula is C76H74BN3. The van der Waals surface area contributed by atoms with Gasteiger partial charge in [0.15, 0.2) is 0 Å². The lowest BCUT2D eigenvalue weighted by Crippen LogP contribution is -2.65. The zero-order valence-electron chi connectivity index (χ0n) is 48.2. The highest BCUT2D eigenvalue weighted by molar-refractivity contribution is 7.00. The van der Waals surface area contributed by atoms with Crippen molar-refractivity contribution in [3.8, 4) is 22.3 Å². The molecule has 0 N–H and O–H groups in total. The molecule has 15 rings (SSSR count). The van der Waals surface area contributed by atoms with Gasteiger partial charge in [-0.25, -0.2) is 0 Å². The van der Waals surface area contributed by atoms with Crippen molar-refractivity contribution in [3.05, 3.63) is 240 Å². The first-order valence-corrected chi connectivity index (χ1v) is 30.0. The Hall–Kier alpha value is -7.56. The molecule has 6 aliphatic rings. The molecule has 9 aromatic carbocycles. The normalized spacial score (nSPS) is 23.2. The van der Waals surface area contributed by atoms with Crippen LogP contribution in [0.2, 0.25) is 0 Å². The molecule has 0 saturated heterocycles. The van der Waals surface area contributed by atoms with E-state index >= 15 is 0 Å². The van der Waals surface area contributed by atoms with Crippen molar-refractivity contribution in [2.75, 3.05) is 14.7 Å². The van der Waals surface area contributed by atoms with Gasteiger partial charge in [-0.15, -0.1) is 0 Å². The van der Waals surface area contributed by atoms with Crippen LogP contribution in [0.4, 0.5) is 39.8 Å². The van der Waals surface area contributed by atoms with Gasteiger partial charge in [-0.05, 0) is 159 Å². The standard InChI is InChI=1S/C76H74BN3/c1-71(2,3)57-36-40-65-61(46-57)75(55-29-17-11-18-30-55)43-23-21-41-73(75,7)79(65)60-49-67-69-68(50-60)80-70-62(76(56-31-19-12-20-32-56)44-24-22-42-74(76,80)8)47-58(72(4,5)6)48-64(70)77(69)63-45-54(52-27-15-10-16-28-52)35-39-66(63)78(67)59-37-33-53(34-38-59)51-25-13-9-14-26-51/h9-20,25-40,45-50H,21-24,41-44H2,1-8H3. The van der Waals surface area contributed by atoms with E-state index in [-0.39, 0.29) is 39.5 Å². The van der Waals surface area contributed by atoms with E-state index in [1.54, 1.807) is 0 Å². The lowest BCUT2D eigenvalue weighted by Gasteiger charge is -2.55. The topological polar surface area (TPSA) is 9.72 Å². The van der Waals surface area contributed by atoms with Gasteiger partial charge in [0, 0.05) is 50.6 Å². The second-order valence-electron chi connectivity index (χ2n) is 27.1. The van der Waals surface area contributed by atoms with E-state index in [0.717, 1.165) is 25.7 Å². The second kappa shape index (κ2) is 17.5. The molecule has 4 atom stereocenters. The van der Waals surface area contributed by atoms with Gasteiger partial charge in [0.05, 0.1) is 11.1 Å². The highest BCUT2D eigenvalue weighted by Gasteiger charge is 2.66.